The number of thiazole rings is 1. The maximum Gasteiger partial charge on any atom is 0.412 e. The van der Waals surface area contributed by atoms with Crippen molar-refractivity contribution in [3.63, 3.8) is 0 Å². The number of carbonyl (C=O) groups excluding carboxylic acids is 2. The molecule has 24 heavy (non-hydrogen) atoms. The van der Waals surface area contributed by atoms with Crippen molar-refractivity contribution in [1.29, 1.82) is 0 Å². The van der Waals surface area contributed by atoms with Crippen LogP contribution in [0.15, 0.2) is 24.4 Å². The van der Waals surface area contributed by atoms with E-state index in [-0.39, 0.29) is 5.91 Å². The molecule has 0 unspecified atom stereocenters. The summed E-state index contributed by atoms with van der Waals surface area (Å²) < 4.78 is 5.21. The molecule has 0 bridgehead atoms. The summed E-state index contributed by atoms with van der Waals surface area (Å²) in [5.74, 6) is -0.246. The predicted octanol–water partition coefficient (Wildman–Crippen LogP) is 4.36. The molecule has 1 aromatic carbocycles. The predicted molar refractivity (Wildman–Crippen MR) is 95.8 cm³/mol. The van der Waals surface area contributed by atoms with Crippen LogP contribution in [0.3, 0.4) is 0 Å². The highest BCUT2D eigenvalue weighted by Crippen LogP contribution is 2.21. The molecule has 6 nitrogen and oxygen atoms in total. The van der Waals surface area contributed by atoms with Gasteiger partial charge in [-0.3, -0.25) is 10.1 Å². The Morgan fingerprint density at radius 1 is 1.17 bits per heavy atom. The van der Waals surface area contributed by atoms with E-state index in [1.807, 2.05) is 13.8 Å². The summed E-state index contributed by atoms with van der Waals surface area (Å²) in [6.07, 6.45) is 1.06. The second-order valence-corrected chi connectivity index (χ2v) is 7.59. The number of hydrogen-bond donors (Lipinski definition) is 2. The van der Waals surface area contributed by atoms with Gasteiger partial charge in [0.25, 0.3) is 5.91 Å². The lowest BCUT2D eigenvalue weighted by molar-refractivity contribution is 0.0635. The van der Waals surface area contributed by atoms with Crippen LogP contribution in [0.25, 0.3) is 0 Å². The van der Waals surface area contributed by atoms with Crippen LogP contribution in [-0.4, -0.2) is 22.6 Å². The number of nitrogens with zero attached hydrogens (tertiary/aromatic N) is 1. The molecule has 0 radical (unpaired) electrons. The highest BCUT2D eigenvalue weighted by Gasteiger charge is 2.17. The summed E-state index contributed by atoms with van der Waals surface area (Å²) in [5, 5.41) is 7.01. The highest BCUT2D eigenvalue weighted by atomic mass is 32.1. The Morgan fingerprint density at radius 3 is 2.46 bits per heavy atom. The molecule has 2 aromatic rings. The van der Waals surface area contributed by atoms with Gasteiger partial charge >= 0.3 is 6.09 Å². The largest absolute Gasteiger partial charge is 0.444 e. The van der Waals surface area contributed by atoms with Crippen LogP contribution in [0.5, 0.6) is 0 Å². The average Bonchev–Trinajstić information content (AvgIpc) is 2.84. The first-order chi connectivity index (χ1) is 11.1. The van der Waals surface area contributed by atoms with Crippen LogP contribution >= 0.6 is 11.3 Å². The Morgan fingerprint density at radius 2 is 1.88 bits per heavy atom. The molecule has 2 amide bonds. The Hall–Kier alpha value is -2.41. The maximum absolute atomic E-state index is 12.4. The van der Waals surface area contributed by atoms with E-state index >= 15 is 0 Å². The second kappa shape index (κ2) is 7.00. The molecule has 0 saturated heterocycles. The van der Waals surface area contributed by atoms with E-state index in [1.54, 1.807) is 45.2 Å². The lowest BCUT2D eigenvalue weighted by Crippen LogP contribution is -2.27. The summed E-state index contributed by atoms with van der Waals surface area (Å²) in [5.41, 5.74) is 1.21. The third kappa shape index (κ3) is 5.06. The molecule has 0 spiro atoms. The van der Waals surface area contributed by atoms with E-state index in [0.717, 1.165) is 10.6 Å². The Kier molecular flexibility index (Phi) is 5.23. The van der Waals surface area contributed by atoms with E-state index in [2.05, 4.69) is 15.6 Å². The molecule has 128 valence electrons. The Labute approximate surface area is 145 Å². The molecule has 7 heteroatoms. The van der Waals surface area contributed by atoms with Gasteiger partial charge in [0, 0.05) is 11.3 Å². The molecule has 2 rings (SSSR count). The van der Waals surface area contributed by atoms with Crippen molar-refractivity contribution in [2.45, 2.75) is 40.2 Å². The summed E-state index contributed by atoms with van der Waals surface area (Å²) in [7, 11) is 0. The molecule has 0 saturated carbocycles. The number of anilines is 2. The van der Waals surface area contributed by atoms with Gasteiger partial charge in [-0.15, -0.1) is 11.3 Å². The van der Waals surface area contributed by atoms with Gasteiger partial charge in [-0.05, 0) is 52.3 Å². The van der Waals surface area contributed by atoms with Gasteiger partial charge in [0.05, 0.1) is 11.2 Å². The van der Waals surface area contributed by atoms with Gasteiger partial charge < -0.3 is 10.1 Å². The molecule has 1 heterocycles. The van der Waals surface area contributed by atoms with Gasteiger partial charge in [0.2, 0.25) is 0 Å². The first-order valence-corrected chi connectivity index (χ1v) is 8.30. The van der Waals surface area contributed by atoms with Crippen LogP contribution < -0.4 is 10.6 Å². The summed E-state index contributed by atoms with van der Waals surface area (Å²) >= 11 is 1.40. The number of hydrogen-bond acceptors (Lipinski definition) is 5. The molecular formula is C17H21N3O3S. The maximum atomic E-state index is 12.4. The molecule has 0 fully saturated rings. The van der Waals surface area contributed by atoms with Crippen LogP contribution in [0, 0.1) is 13.8 Å². The normalized spacial score (nSPS) is 11.0. The van der Waals surface area contributed by atoms with Crippen molar-refractivity contribution < 1.29 is 14.3 Å². The minimum atomic E-state index is -0.584. The lowest BCUT2D eigenvalue weighted by atomic mass is 10.1. The van der Waals surface area contributed by atoms with E-state index in [0.29, 0.717) is 16.3 Å². The van der Waals surface area contributed by atoms with Crippen molar-refractivity contribution in [2.24, 2.45) is 0 Å². The summed E-state index contributed by atoms with van der Waals surface area (Å²) in [6.45, 7) is 9.08. The third-order valence-electron chi connectivity index (χ3n) is 2.99. The number of carbonyl (C=O) groups is 2. The van der Waals surface area contributed by atoms with E-state index in [1.165, 1.54) is 11.3 Å². The zero-order valence-electron chi connectivity index (χ0n) is 14.4. The van der Waals surface area contributed by atoms with Crippen LogP contribution in [0.1, 0.15) is 41.7 Å². The lowest BCUT2D eigenvalue weighted by Gasteiger charge is -2.20. The van der Waals surface area contributed by atoms with Crippen molar-refractivity contribution >= 4 is 34.0 Å². The molecule has 0 aliphatic heterocycles. The molecule has 2 N–H and O–H groups in total. The SMILES string of the molecule is Cc1ncc(NC(=O)c2cc(NC(=O)OC(C)(C)C)ccc2C)s1. The first-order valence-electron chi connectivity index (χ1n) is 7.48. The average molecular weight is 347 g/mol. The van der Waals surface area contributed by atoms with E-state index in [9.17, 15) is 9.59 Å². The highest BCUT2D eigenvalue weighted by molar-refractivity contribution is 7.15. The molecule has 0 aliphatic rings. The van der Waals surface area contributed by atoms with Crippen LogP contribution in [0.4, 0.5) is 15.5 Å². The quantitative estimate of drug-likeness (QED) is 0.864. The molecular weight excluding hydrogens is 326 g/mol. The molecule has 0 aliphatic carbocycles. The minimum absolute atomic E-state index is 0.246. The fraction of sp³-hybridized carbons (Fsp3) is 0.353. The van der Waals surface area contributed by atoms with Crippen molar-refractivity contribution in [3.8, 4) is 0 Å². The van der Waals surface area contributed by atoms with Crippen LogP contribution in [-0.2, 0) is 4.74 Å². The Balaban J connectivity index is 2.13. The number of amides is 2. The molecule has 1 aromatic heterocycles. The number of aryl methyl sites for hydroxylation is 2. The second-order valence-electron chi connectivity index (χ2n) is 6.35. The summed E-state index contributed by atoms with van der Waals surface area (Å²) in [6, 6.07) is 5.13. The van der Waals surface area contributed by atoms with Gasteiger partial charge in [-0.25, -0.2) is 9.78 Å². The molecule has 0 atom stereocenters. The number of ether oxygens (including phenoxy) is 1. The van der Waals surface area contributed by atoms with E-state index < -0.39 is 11.7 Å². The first kappa shape index (κ1) is 17.9. The summed E-state index contributed by atoms with van der Waals surface area (Å²) in [4.78, 5) is 28.4. The van der Waals surface area contributed by atoms with Crippen molar-refractivity contribution in [1.82, 2.24) is 4.98 Å². The van der Waals surface area contributed by atoms with Gasteiger partial charge in [0.1, 0.15) is 10.6 Å². The number of rotatable bonds is 3. The number of aromatic nitrogens is 1. The number of benzene rings is 1. The minimum Gasteiger partial charge on any atom is -0.444 e. The standard InChI is InChI=1S/C17H21N3O3S/c1-10-6-7-12(19-16(22)23-17(3,4)5)8-13(10)15(21)20-14-9-18-11(2)24-14/h6-9H,1-5H3,(H,19,22)(H,20,21). The third-order valence-corrected chi connectivity index (χ3v) is 3.81. The fourth-order valence-corrected chi connectivity index (χ4v) is 2.64. The number of nitrogens with one attached hydrogen (secondary N) is 2. The Bertz CT molecular complexity index is 763. The van der Waals surface area contributed by atoms with Gasteiger partial charge in [0.15, 0.2) is 0 Å². The zero-order chi connectivity index (χ0) is 17.9. The van der Waals surface area contributed by atoms with Gasteiger partial charge in [-0.1, -0.05) is 6.07 Å². The monoisotopic (exact) mass is 347 g/mol. The smallest absolute Gasteiger partial charge is 0.412 e. The topological polar surface area (TPSA) is 80.3 Å². The zero-order valence-corrected chi connectivity index (χ0v) is 15.2. The fourth-order valence-electron chi connectivity index (χ4n) is 1.96. The van der Waals surface area contributed by atoms with Crippen LogP contribution in [0.2, 0.25) is 0 Å². The van der Waals surface area contributed by atoms with Gasteiger partial charge in [-0.2, -0.15) is 0 Å². The van der Waals surface area contributed by atoms with Crippen molar-refractivity contribution in [2.75, 3.05) is 10.6 Å². The van der Waals surface area contributed by atoms with Crippen molar-refractivity contribution in [3.05, 3.63) is 40.5 Å². The van der Waals surface area contributed by atoms with E-state index in [4.69, 9.17) is 4.74 Å².